The molecule has 1 saturated heterocycles. The predicted molar refractivity (Wildman–Crippen MR) is 118 cm³/mol. The Hall–Kier alpha value is -0.910. The average Bonchev–Trinajstić information content (AvgIpc) is 2.52. The fraction of sp³-hybridized carbons (Fsp3) is 0.588. The van der Waals surface area contributed by atoms with E-state index in [-0.39, 0.29) is 30.0 Å². The standard InChI is InChI=1S/C17H29N5O2S.HI/c1-13-9-14(2)11-15(10-13)20-17(18)19-12-16-7-5-6-8-22(16)25(23,24)21(3)4;/h9-11,16H,5-8,12H2,1-4H3,(H3,18,19,20);1H. The van der Waals surface area contributed by atoms with Crippen molar-refractivity contribution in [1.29, 1.82) is 0 Å². The highest BCUT2D eigenvalue weighted by Gasteiger charge is 2.33. The number of hydrogen-bond acceptors (Lipinski definition) is 3. The lowest BCUT2D eigenvalue weighted by Gasteiger charge is -2.35. The third-order valence-corrected chi connectivity index (χ3v) is 6.29. The van der Waals surface area contributed by atoms with E-state index >= 15 is 0 Å². The lowest BCUT2D eigenvalue weighted by atomic mass is 10.1. The highest BCUT2D eigenvalue weighted by Crippen LogP contribution is 2.22. The van der Waals surface area contributed by atoms with Gasteiger partial charge in [0.2, 0.25) is 0 Å². The number of rotatable bonds is 5. The molecular weight excluding hydrogens is 465 g/mol. The van der Waals surface area contributed by atoms with E-state index in [0.29, 0.717) is 19.0 Å². The molecule has 0 aromatic heterocycles. The number of guanidine groups is 1. The van der Waals surface area contributed by atoms with Crippen molar-refractivity contribution in [2.75, 3.05) is 32.5 Å². The van der Waals surface area contributed by atoms with Crippen LogP contribution in [0.25, 0.3) is 0 Å². The van der Waals surface area contributed by atoms with Crippen LogP contribution in [0.2, 0.25) is 0 Å². The summed E-state index contributed by atoms with van der Waals surface area (Å²) in [4.78, 5) is 4.38. The van der Waals surface area contributed by atoms with Crippen molar-refractivity contribution in [2.45, 2.75) is 39.2 Å². The van der Waals surface area contributed by atoms with Gasteiger partial charge in [0.05, 0.1) is 6.54 Å². The Kier molecular flexibility index (Phi) is 8.77. The molecule has 1 unspecified atom stereocenters. The Labute approximate surface area is 174 Å². The highest BCUT2D eigenvalue weighted by molar-refractivity contribution is 14.0. The Balaban J connectivity index is 0.00000338. The minimum atomic E-state index is -3.43. The van der Waals surface area contributed by atoms with Crippen molar-refractivity contribution in [1.82, 2.24) is 8.61 Å². The van der Waals surface area contributed by atoms with Gasteiger partial charge in [0.25, 0.3) is 10.2 Å². The van der Waals surface area contributed by atoms with E-state index in [1.165, 1.54) is 4.31 Å². The molecule has 0 radical (unpaired) electrons. The second kappa shape index (κ2) is 9.86. The van der Waals surface area contributed by atoms with Crippen molar-refractivity contribution in [3.05, 3.63) is 29.3 Å². The Morgan fingerprint density at radius 1 is 1.27 bits per heavy atom. The molecule has 9 heteroatoms. The number of benzene rings is 1. The molecule has 7 nitrogen and oxygen atoms in total. The second-order valence-electron chi connectivity index (χ2n) is 6.78. The molecule has 1 aromatic rings. The number of nitrogens with one attached hydrogen (secondary N) is 1. The lowest BCUT2D eigenvalue weighted by Crippen LogP contribution is -2.50. The van der Waals surface area contributed by atoms with Gasteiger partial charge in [-0.1, -0.05) is 12.5 Å². The molecule has 0 spiro atoms. The van der Waals surface area contributed by atoms with Crippen LogP contribution in [0.3, 0.4) is 0 Å². The average molecular weight is 495 g/mol. The van der Waals surface area contributed by atoms with Gasteiger partial charge in [-0.25, -0.2) is 0 Å². The number of nitrogens with two attached hydrogens (primary N) is 1. The van der Waals surface area contributed by atoms with Gasteiger partial charge in [0.15, 0.2) is 5.96 Å². The number of nitrogens with zero attached hydrogens (tertiary/aromatic N) is 3. The minimum Gasteiger partial charge on any atom is -0.370 e. The van der Waals surface area contributed by atoms with Crippen LogP contribution < -0.4 is 11.1 Å². The van der Waals surface area contributed by atoms with Gasteiger partial charge in [-0.3, -0.25) is 4.99 Å². The summed E-state index contributed by atoms with van der Waals surface area (Å²) < 4.78 is 27.7. The van der Waals surface area contributed by atoms with Gasteiger partial charge in [0.1, 0.15) is 0 Å². The molecule has 0 aliphatic carbocycles. The summed E-state index contributed by atoms with van der Waals surface area (Å²) in [5.41, 5.74) is 9.18. The number of aryl methyl sites for hydroxylation is 2. The summed E-state index contributed by atoms with van der Waals surface area (Å²) in [5, 5.41) is 3.09. The topological polar surface area (TPSA) is 91.0 Å². The zero-order valence-electron chi connectivity index (χ0n) is 15.9. The van der Waals surface area contributed by atoms with Crippen molar-refractivity contribution < 1.29 is 8.42 Å². The largest absolute Gasteiger partial charge is 0.370 e. The van der Waals surface area contributed by atoms with Crippen LogP contribution in [0, 0.1) is 13.8 Å². The second-order valence-corrected chi connectivity index (χ2v) is 8.87. The van der Waals surface area contributed by atoms with Crippen molar-refractivity contribution in [2.24, 2.45) is 10.7 Å². The molecule has 1 atom stereocenters. The first kappa shape index (κ1) is 23.1. The molecule has 1 aliphatic heterocycles. The molecule has 1 aromatic carbocycles. The van der Waals surface area contributed by atoms with E-state index in [1.54, 1.807) is 18.4 Å². The maximum Gasteiger partial charge on any atom is 0.281 e. The van der Waals surface area contributed by atoms with Gasteiger partial charge >= 0.3 is 0 Å². The molecule has 26 heavy (non-hydrogen) atoms. The maximum atomic E-state index is 12.5. The van der Waals surface area contributed by atoms with E-state index < -0.39 is 10.2 Å². The minimum absolute atomic E-state index is 0. The number of halogens is 1. The first-order chi connectivity index (χ1) is 11.7. The van der Waals surface area contributed by atoms with Gasteiger partial charge in [0, 0.05) is 32.4 Å². The SMILES string of the molecule is Cc1cc(C)cc(NC(N)=NCC2CCCCN2S(=O)(=O)N(C)C)c1.I. The number of aliphatic imine (C=N–C) groups is 1. The van der Waals surface area contributed by atoms with Gasteiger partial charge in [-0.05, 0) is 49.9 Å². The Bertz CT molecular complexity index is 716. The Morgan fingerprint density at radius 2 is 1.88 bits per heavy atom. The van der Waals surface area contributed by atoms with Crippen LogP contribution >= 0.6 is 24.0 Å². The quantitative estimate of drug-likeness (QED) is 0.373. The van der Waals surface area contributed by atoms with Gasteiger partial charge in [-0.15, -0.1) is 24.0 Å². The zero-order valence-corrected chi connectivity index (χ0v) is 19.0. The molecule has 0 amide bonds. The molecule has 148 valence electrons. The molecule has 2 rings (SSSR count). The molecule has 0 bridgehead atoms. The van der Waals surface area contributed by atoms with Crippen LogP contribution in [0.5, 0.6) is 0 Å². The lowest BCUT2D eigenvalue weighted by molar-refractivity contribution is 0.245. The molecule has 3 N–H and O–H groups in total. The first-order valence-corrected chi connectivity index (χ1v) is 9.94. The number of anilines is 1. The Morgan fingerprint density at radius 3 is 2.46 bits per heavy atom. The smallest absolute Gasteiger partial charge is 0.281 e. The summed E-state index contributed by atoms with van der Waals surface area (Å²) in [6.07, 6.45) is 2.68. The highest BCUT2D eigenvalue weighted by atomic mass is 127. The van der Waals surface area contributed by atoms with Crippen molar-refractivity contribution >= 4 is 45.8 Å². The summed E-state index contributed by atoms with van der Waals surface area (Å²) in [6.45, 7) is 4.94. The zero-order chi connectivity index (χ0) is 18.6. The summed E-state index contributed by atoms with van der Waals surface area (Å²) in [7, 11) is -0.319. The first-order valence-electron chi connectivity index (χ1n) is 8.54. The van der Waals surface area contributed by atoms with Crippen LogP contribution in [0.4, 0.5) is 5.69 Å². The molecule has 1 aliphatic rings. The van der Waals surface area contributed by atoms with E-state index in [1.807, 2.05) is 26.0 Å². The van der Waals surface area contributed by atoms with Gasteiger partial charge < -0.3 is 11.1 Å². The van der Waals surface area contributed by atoms with Crippen LogP contribution in [0.15, 0.2) is 23.2 Å². The summed E-state index contributed by atoms with van der Waals surface area (Å²) in [6, 6.07) is 5.93. The van der Waals surface area contributed by atoms with Crippen LogP contribution in [-0.4, -0.2) is 56.2 Å². The van der Waals surface area contributed by atoms with E-state index in [0.717, 1.165) is 36.1 Å². The predicted octanol–water partition coefficient (Wildman–Crippen LogP) is 2.31. The molecule has 0 saturated carbocycles. The number of hydrogen-bond donors (Lipinski definition) is 2. The van der Waals surface area contributed by atoms with E-state index in [9.17, 15) is 8.42 Å². The van der Waals surface area contributed by atoms with Crippen molar-refractivity contribution in [3.8, 4) is 0 Å². The van der Waals surface area contributed by atoms with Crippen molar-refractivity contribution in [3.63, 3.8) is 0 Å². The van der Waals surface area contributed by atoms with E-state index in [4.69, 9.17) is 5.73 Å². The third kappa shape index (κ3) is 6.07. The fourth-order valence-electron chi connectivity index (χ4n) is 3.11. The van der Waals surface area contributed by atoms with Crippen LogP contribution in [-0.2, 0) is 10.2 Å². The summed E-state index contributed by atoms with van der Waals surface area (Å²) >= 11 is 0. The monoisotopic (exact) mass is 495 g/mol. The molecular formula is C17H30IN5O2S. The fourth-order valence-corrected chi connectivity index (χ4v) is 4.44. The molecule has 1 heterocycles. The third-order valence-electron chi connectivity index (χ3n) is 4.30. The van der Waals surface area contributed by atoms with Gasteiger partial charge in [-0.2, -0.15) is 17.0 Å². The summed E-state index contributed by atoms with van der Waals surface area (Å²) in [5.74, 6) is 0.303. The normalized spacial score (nSPS) is 19.3. The molecule has 1 fully saturated rings. The van der Waals surface area contributed by atoms with Crippen LogP contribution in [0.1, 0.15) is 30.4 Å². The number of piperidine rings is 1. The van der Waals surface area contributed by atoms with E-state index in [2.05, 4.69) is 16.4 Å². The maximum absolute atomic E-state index is 12.5.